The van der Waals surface area contributed by atoms with Crippen molar-refractivity contribution >= 4 is 11.6 Å². The quantitative estimate of drug-likeness (QED) is 0.848. The van der Waals surface area contributed by atoms with Gasteiger partial charge in [-0.25, -0.2) is 4.39 Å². The van der Waals surface area contributed by atoms with Crippen molar-refractivity contribution in [2.75, 3.05) is 25.0 Å². The van der Waals surface area contributed by atoms with Crippen LogP contribution in [0.2, 0.25) is 0 Å². The van der Waals surface area contributed by atoms with Crippen LogP contribution in [-0.4, -0.2) is 30.5 Å². The van der Waals surface area contributed by atoms with Crippen molar-refractivity contribution in [3.63, 3.8) is 0 Å². The first kappa shape index (κ1) is 18.4. The predicted molar refractivity (Wildman–Crippen MR) is 101 cm³/mol. The fourth-order valence-corrected chi connectivity index (χ4v) is 3.29. The van der Waals surface area contributed by atoms with Crippen LogP contribution >= 0.6 is 0 Å². The Morgan fingerprint density at radius 1 is 1.15 bits per heavy atom. The van der Waals surface area contributed by atoms with Gasteiger partial charge in [-0.1, -0.05) is 24.3 Å². The number of hydrogen-bond donors (Lipinski definition) is 1. The maximum atomic E-state index is 13.0. The van der Waals surface area contributed by atoms with E-state index in [4.69, 9.17) is 4.74 Å². The number of halogens is 1. The SMILES string of the molecule is CCOc1ccccc1NC(=O)C1CCN(Cc2ccc(F)cc2)CC1. The number of amides is 1. The zero-order valence-corrected chi connectivity index (χ0v) is 15.1. The number of piperidine rings is 1. The van der Waals surface area contributed by atoms with Crippen LogP contribution in [0.5, 0.6) is 5.75 Å². The zero-order valence-electron chi connectivity index (χ0n) is 15.1. The summed E-state index contributed by atoms with van der Waals surface area (Å²) in [4.78, 5) is 14.9. The highest BCUT2D eigenvalue weighted by molar-refractivity contribution is 5.94. The van der Waals surface area contributed by atoms with E-state index in [0.717, 1.165) is 43.7 Å². The first-order valence-electron chi connectivity index (χ1n) is 9.15. The molecule has 0 radical (unpaired) electrons. The third-order valence-corrected chi connectivity index (χ3v) is 4.72. The fraction of sp³-hybridized carbons (Fsp3) is 0.381. The van der Waals surface area contributed by atoms with Crippen LogP contribution in [0.4, 0.5) is 10.1 Å². The van der Waals surface area contributed by atoms with Crippen LogP contribution in [0.25, 0.3) is 0 Å². The van der Waals surface area contributed by atoms with Gasteiger partial charge in [0.25, 0.3) is 0 Å². The standard InChI is InChI=1S/C21H25FN2O2/c1-2-26-20-6-4-3-5-19(20)23-21(25)17-11-13-24(14-12-17)15-16-7-9-18(22)10-8-16/h3-10,17H,2,11-15H2,1H3,(H,23,25). The first-order valence-corrected chi connectivity index (χ1v) is 9.15. The second-order valence-corrected chi connectivity index (χ2v) is 6.60. The second-order valence-electron chi connectivity index (χ2n) is 6.60. The van der Waals surface area contributed by atoms with Crippen molar-refractivity contribution in [2.45, 2.75) is 26.3 Å². The largest absolute Gasteiger partial charge is 0.492 e. The first-order chi connectivity index (χ1) is 12.7. The van der Waals surface area contributed by atoms with Crippen molar-refractivity contribution in [1.29, 1.82) is 0 Å². The number of hydrogen-bond acceptors (Lipinski definition) is 3. The van der Waals surface area contributed by atoms with Crippen LogP contribution in [0, 0.1) is 11.7 Å². The van der Waals surface area contributed by atoms with E-state index in [-0.39, 0.29) is 17.6 Å². The lowest BCUT2D eigenvalue weighted by Crippen LogP contribution is -2.37. The van der Waals surface area contributed by atoms with Gasteiger partial charge in [0, 0.05) is 12.5 Å². The molecular formula is C21H25FN2O2. The molecule has 0 bridgehead atoms. The molecule has 0 saturated carbocycles. The monoisotopic (exact) mass is 356 g/mol. The van der Waals surface area contributed by atoms with Gasteiger partial charge in [0.2, 0.25) is 5.91 Å². The number of likely N-dealkylation sites (tertiary alicyclic amines) is 1. The molecule has 1 aliphatic heterocycles. The molecule has 5 heteroatoms. The number of carbonyl (C=O) groups is 1. The Bertz CT molecular complexity index is 725. The number of rotatable bonds is 6. The van der Waals surface area contributed by atoms with E-state index in [9.17, 15) is 9.18 Å². The number of nitrogens with zero attached hydrogens (tertiary/aromatic N) is 1. The zero-order chi connectivity index (χ0) is 18.4. The Morgan fingerprint density at radius 3 is 2.54 bits per heavy atom. The Kier molecular flexibility index (Phi) is 6.23. The van der Waals surface area contributed by atoms with E-state index in [1.165, 1.54) is 12.1 Å². The summed E-state index contributed by atoms with van der Waals surface area (Å²) in [5.74, 6) is 0.557. The molecule has 3 rings (SSSR count). The number of benzene rings is 2. The van der Waals surface area contributed by atoms with Gasteiger partial charge in [-0.05, 0) is 62.7 Å². The van der Waals surface area contributed by atoms with Crippen LogP contribution in [0.1, 0.15) is 25.3 Å². The molecule has 1 N–H and O–H groups in total. The molecule has 0 atom stereocenters. The van der Waals surface area contributed by atoms with Crippen molar-refractivity contribution in [2.24, 2.45) is 5.92 Å². The van der Waals surface area contributed by atoms with Gasteiger partial charge in [-0.3, -0.25) is 9.69 Å². The molecular weight excluding hydrogens is 331 g/mol. The number of ether oxygens (including phenoxy) is 1. The van der Waals surface area contributed by atoms with Crippen molar-refractivity contribution in [3.8, 4) is 5.75 Å². The summed E-state index contributed by atoms with van der Waals surface area (Å²) in [5.41, 5.74) is 1.83. The minimum Gasteiger partial charge on any atom is -0.492 e. The topological polar surface area (TPSA) is 41.6 Å². The molecule has 0 aliphatic carbocycles. The Hall–Kier alpha value is -2.40. The molecule has 0 unspecified atom stereocenters. The summed E-state index contributed by atoms with van der Waals surface area (Å²) in [7, 11) is 0. The molecule has 1 saturated heterocycles. The van der Waals surface area contributed by atoms with Gasteiger partial charge in [-0.2, -0.15) is 0 Å². The van der Waals surface area contributed by atoms with Crippen molar-refractivity contribution in [3.05, 3.63) is 59.9 Å². The van der Waals surface area contributed by atoms with Crippen molar-refractivity contribution in [1.82, 2.24) is 4.90 Å². The van der Waals surface area contributed by atoms with E-state index in [1.807, 2.05) is 43.3 Å². The molecule has 1 heterocycles. The van der Waals surface area contributed by atoms with E-state index in [1.54, 1.807) is 0 Å². The number of anilines is 1. The normalized spacial score (nSPS) is 15.6. The maximum Gasteiger partial charge on any atom is 0.227 e. The van der Waals surface area contributed by atoms with Crippen LogP contribution in [0.3, 0.4) is 0 Å². The molecule has 2 aromatic rings. The number of para-hydroxylation sites is 2. The van der Waals surface area contributed by atoms with Crippen LogP contribution in [-0.2, 0) is 11.3 Å². The highest BCUT2D eigenvalue weighted by Gasteiger charge is 2.25. The third-order valence-electron chi connectivity index (χ3n) is 4.72. The lowest BCUT2D eigenvalue weighted by molar-refractivity contribution is -0.121. The molecule has 4 nitrogen and oxygen atoms in total. The minimum atomic E-state index is -0.212. The molecule has 0 spiro atoms. The number of nitrogens with one attached hydrogen (secondary N) is 1. The molecule has 1 aliphatic rings. The van der Waals surface area contributed by atoms with E-state index >= 15 is 0 Å². The average Bonchev–Trinajstić information content (AvgIpc) is 2.66. The van der Waals surface area contributed by atoms with Gasteiger partial charge < -0.3 is 10.1 Å². The summed E-state index contributed by atoms with van der Waals surface area (Å²) in [6, 6.07) is 14.1. The van der Waals surface area contributed by atoms with Gasteiger partial charge >= 0.3 is 0 Å². The Labute approximate surface area is 154 Å². The molecule has 138 valence electrons. The maximum absolute atomic E-state index is 13.0. The highest BCUT2D eigenvalue weighted by atomic mass is 19.1. The molecule has 1 amide bonds. The molecule has 1 fully saturated rings. The van der Waals surface area contributed by atoms with Gasteiger partial charge in [0.1, 0.15) is 11.6 Å². The minimum absolute atomic E-state index is 0.00847. The summed E-state index contributed by atoms with van der Waals surface area (Å²) < 4.78 is 18.6. The summed E-state index contributed by atoms with van der Waals surface area (Å²) in [6.45, 7) is 5.01. The lowest BCUT2D eigenvalue weighted by atomic mass is 9.95. The third kappa shape index (κ3) is 4.82. The van der Waals surface area contributed by atoms with Gasteiger partial charge in [0.15, 0.2) is 0 Å². The van der Waals surface area contributed by atoms with E-state index < -0.39 is 0 Å². The van der Waals surface area contributed by atoms with Gasteiger partial charge in [-0.15, -0.1) is 0 Å². The fourth-order valence-electron chi connectivity index (χ4n) is 3.29. The molecule has 0 aromatic heterocycles. The van der Waals surface area contributed by atoms with Crippen LogP contribution < -0.4 is 10.1 Å². The summed E-state index contributed by atoms with van der Waals surface area (Å²) in [6.07, 6.45) is 1.65. The molecule has 26 heavy (non-hydrogen) atoms. The summed E-state index contributed by atoms with van der Waals surface area (Å²) in [5, 5.41) is 3.01. The highest BCUT2D eigenvalue weighted by Crippen LogP contribution is 2.26. The molecule has 2 aromatic carbocycles. The van der Waals surface area contributed by atoms with Crippen LogP contribution in [0.15, 0.2) is 48.5 Å². The Morgan fingerprint density at radius 2 is 1.85 bits per heavy atom. The Balaban J connectivity index is 1.51. The smallest absolute Gasteiger partial charge is 0.227 e. The average molecular weight is 356 g/mol. The van der Waals surface area contributed by atoms with E-state index in [0.29, 0.717) is 12.4 Å². The lowest BCUT2D eigenvalue weighted by Gasteiger charge is -2.31. The number of carbonyl (C=O) groups excluding carboxylic acids is 1. The summed E-state index contributed by atoms with van der Waals surface area (Å²) >= 11 is 0. The second kappa shape index (κ2) is 8.81. The van der Waals surface area contributed by atoms with Gasteiger partial charge in [0.05, 0.1) is 12.3 Å². The predicted octanol–water partition coefficient (Wildman–Crippen LogP) is 4.08. The van der Waals surface area contributed by atoms with E-state index in [2.05, 4.69) is 10.2 Å². The van der Waals surface area contributed by atoms with Crippen molar-refractivity contribution < 1.29 is 13.9 Å².